The van der Waals surface area contributed by atoms with Crippen molar-refractivity contribution in [2.24, 2.45) is 13.0 Å². The molecule has 1 aliphatic rings. The molecule has 28 heavy (non-hydrogen) atoms. The van der Waals surface area contributed by atoms with Gasteiger partial charge in [0.15, 0.2) is 5.65 Å². The zero-order chi connectivity index (χ0) is 19.5. The summed E-state index contributed by atoms with van der Waals surface area (Å²) in [5.74, 6) is 1.37. The van der Waals surface area contributed by atoms with Gasteiger partial charge in [0, 0.05) is 25.5 Å². The Morgan fingerprint density at radius 3 is 2.75 bits per heavy atom. The molecule has 3 heterocycles. The van der Waals surface area contributed by atoms with Crippen molar-refractivity contribution in [2.45, 2.75) is 19.8 Å². The van der Waals surface area contributed by atoms with E-state index in [1.54, 1.807) is 10.9 Å². The maximum absolute atomic E-state index is 12.6. The molecule has 0 atom stereocenters. The van der Waals surface area contributed by atoms with Gasteiger partial charge in [-0.25, -0.2) is 9.78 Å². The molecule has 0 aliphatic carbocycles. The fourth-order valence-corrected chi connectivity index (χ4v) is 3.61. The van der Waals surface area contributed by atoms with Crippen LogP contribution in [0.25, 0.3) is 11.0 Å². The quantitative estimate of drug-likeness (QED) is 0.752. The van der Waals surface area contributed by atoms with Crippen LogP contribution in [-0.2, 0) is 7.05 Å². The summed E-state index contributed by atoms with van der Waals surface area (Å²) in [6.45, 7) is 4.10. The Bertz CT molecular complexity index is 962. The van der Waals surface area contributed by atoms with Crippen molar-refractivity contribution in [3.63, 3.8) is 0 Å². The maximum Gasteiger partial charge on any atom is 0.321 e. The van der Waals surface area contributed by atoms with Gasteiger partial charge in [-0.2, -0.15) is 5.10 Å². The molecule has 2 amide bonds. The molecule has 1 aliphatic heterocycles. The van der Waals surface area contributed by atoms with Crippen molar-refractivity contribution in [1.29, 1.82) is 0 Å². The highest BCUT2D eigenvalue weighted by Gasteiger charge is 2.23. The molecule has 1 fully saturated rings. The van der Waals surface area contributed by atoms with Gasteiger partial charge in [-0.15, -0.1) is 0 Å². The Morgan fingerprint density at radius 2 is 2.00 bits per heavy atom. The van der Waals surface area contributed by atoms with Crippen LogP contribution in [0.3, 0.4) is 0 Å². The highest BCUT2D eigenvalue weighted by Crippen LogP contribution is 2.22. The third-order valence-corrected chi connectivity index (χ3v) is 5.24. The Labute approximate surface area is 164 Å². The summed E-state index contributed by atoms with van der Waals surface area (Å²) in [7, 11) is 1.87. The van der Waals surface area contributed by atoms with E-state index in [1.807, 2.05) is 55.3 Å². The molecular weight excluding hydrogens is 354 g/mol. The van der Waals surface area contributed by atoms with Crippen LogP contribution < -0.4 is 10.1 Å². The van der Waals surface area contributed by atoms with Crippen LogP contribution in [0.5, 0.6) is 5.75 Å². The molecule has 0 unspecified atom stereocenters. The van der Waals surface area contributed by atoms with Gasteiger partial charge in [0.05, 0.1) is 24.2 Å². The lowest BCUT2D eigenvalue weighted by atomic mass is 9.98. The van der Waals surface area contributed by atoms with E-state index < -0.39 is 0 Å². The summed E-state index contributed by atoms with van der Waals surface area (Å²) in [6.07, 6.45) is 3.57. The minimum Gasteiger partial charge on any atom is -0.493 e. The van der Waals surface area contributed by atoms with Crippen LogP contribution in [-0.4, -0.2) is 45.4 Å². The molecule has 0 radical (unpaired) electrons. The predicted molar refractivity (Wildman–Crippen MR) is 108 cm³/mol. The first-order valence-corrected chi connectivity index (χ1v) is 9.63. The number of amides is 2. The van der Waals surface area contributed by atoms with E-state index in [0.717, 1.165) is 48.4 Å². The number of hydrogen-bond donors (Lipinski definition) is 1. The number of carbonyl (C=O) groups excluding carboxylic acids is 1. The first kappa shape index (κ1) is 18.3. The summed E-state index contributed by atoms with van der Waals surface area (Å²) in [5, 5.41) is 8.29. The van der Waals surface area contributed by atoms with Crippen molar-refractivity contribution >= 4 is 22.8 Å². The lowest BCUT2D eigenvalue weighted by Gasteiger charge is -2.31. The molecule has 0 bridgehead atoms. The molecule has 1 N–H and O–H groups in total. The summed E-state index contributed by atoms with van der Waals surface area (Å²) in [5.41, 5.74) is 2.41. The number of nitrogens with zero attached hydrogens (tertiary/aromatic N) is 4. The fraction of sp³-hybridized carbons (Fsp3) is 0.381. The second-order valence-electron chi connectivity index (χ2n) is 7.29. The van der Waals surface area contributed by atoms with E-state index in [0.29, 0.717) is 18.2 Å². The number of urea groups is 1. The second-order valence-corrected chi connectivity index (χ2v) is 7.29. The average Bonchev–Trinajstić information content (AvgIpc) is 3.01. The summed E-state index contributed by atoms with van der Waals surface area (Å²) < 4.78 is 7.60. The third-order valence-electron chi connectivity index (χ3n) is 5.24. The van der Waals surface area contributed by atoms with Crippen LogP contribution in [0.4, 0.5) is 10.5 Å². The first-order valence-electron chi connectivity index (χ1n) is 9.63. The van der Waals surface area contributed by atoms with E-state index in [9.17, 15) is 4.79 Å². The average molecular weight is 379 g/mol. The van der Waals surface area contributed by atoms with Crippen molar-refractivity contribution < 1.29 is 9.53 Å². The van der Waals surface area contributed by atoms with Gasteiger partial charge in [0.1, 0.15) is 5.75 Å². The normalized spacial score (nSPS) is 15.0. The van der Waals surface area contributed by atoms with Gasteiger partial charge in [0.25, 0.3) is 0 Å². The largest absolute Gasteiger partial charge is 0.493 e. The molecule has 146 valence electrons. The molecule has 1 aromatic carbocycles. The number of benzene rings is 1. The minimum atomic E-state index is -0.0786. The number of pyridine rings is 1. The van der Waals surface area contributed by atoms with Crippen molar-refractivity contribution in [3.05, 3.63) is 48.3 Å². The van der Waals surface area contributed by atoms with Crippen LogP contribution in [0.1, 0.15) is 18.5 Å². The van der Waals surface area contributed by atoms with Crippen LogP contribution in [0.15, 0.2) is 42.6 Å². The molecule has 3 aromatic rings. The number of ether oxygens (including phenoxy) is 1. The number of aryl methyl sites for hydroxylation is 2. The van der Waals surface area contributed by atoms with E-state index >= 15 is 0 Å². The van der Waals surface area contributed by atoms with Crippen LogP contribution in [0.2, 0.25) is 0 Å². The molecule has 0 saturated carbocycles. The van der Waals surface area contributed by atoms with E-state index in [-0.39, 0.29) is 6.03 Å². The number of anilines is 1. The van der Waals surface area contributed by atoms with Crippen molar-refractivity contribution in [3.8, 4) is 5.75 Å². The van der Waals surface area contributed by atoms with Gasteiger partial charge in [-0.05, 0) is 43.9 Å². The number of fused-ring (bicyclic) bond motifs is 1. The van der Waals surface area contributed by atoms with Gasteiger partial charge < -0.3 is 15.0 Å². The number of nitrogens with one attached hydrogen (secondary N) is 1. The SMILES string of the molecule is Cc1nn(C)c2ncc(NC(=O)N3CCC(COc4ccccc4)CC3)cc12. The number of carbonyl (C=O) groups is 1. The third kappa shape index (κ3) is 3.93. The highest BCUT2D eigenvalue weighted by atomic mass is 16.5. The van der Waals surface area contributed by atoms with Crippen molar-refractivity contribution in [1.82, 2.24) is 19.7 Å². The Morgan fingerprint density at radius 1 is 1.25 bits per heavy atom. The Balaban J connectivity index is 1.30. The number of rotatable bonds is 4. The number of hydrogen-bond acceptors (Lipinski definition) is 4. The molecule has 7 nitrogen and oxygen atoms in total. The van der Waals surface area contributed by atoms with Gasteiger partial charge >= 0.3 is 6.03 Å². The minimum absolute atomic E-state index is 0.0786. The predicted octanol–water partition coefficient (Wildman–Crippen LogP) is 3.60. The smallest absolute Gasteiger partial charge is 0.321 e. The fourth-order valence-electron chi connectivity index (χ4n) is 3.61. The summed E-state index contributed by atoms with van der Waals surface area (Å²) >= 11 is 0. The van der Waals surface area contributed by atoms with E-state index in [1.165, 1.54) is 0 Å². The Kier molecular flexibility index (Phi) is 5.14. The standard InChI is InChI=1S/C21H25N5O2/c1-15-19-12-17(13-22-20(19)25(2)24-15)23-21(27)26-10-8-16(9-11-26)14-28-18-6-4-3-5-7-18/h3-7,12-13,16H,8-11,14H2,1-2H3,(H,23,27). The number of piperidine rings is 1. The summed E-state index contributed by atoms with van der Waals surface area (Å²) in [6, 6.07) is 11.7. The molecule has 1 saturated heterocycles. The monoisotopic (exact) mass is 379 g/mol. The lowest BCUT2D eigenvalue weighted by Crippen LogP contribution is -2.42. The van der Waals surface area contributed by atoms with Crippen LogP contribution in [0, 0.1) is 12.8 Å². The second kappa shape index (κ2) is 7.88. The summed E-state index contributed by atoms with van der Waals surface area (Å²) in [4.78, 5) is 18.9. The number of aromatic nitrogens is 3. The van der Waals surface area contributed by atoms with Gasteiger partial charge in [-0.1, -0.05) is 18.2 Å². The van der Waals surface area contributed by atoms with E-state index in [4.69, 9.17) is 4.74 Å². The molecule has 0 spiro atoms. The number of likely N-dealkylation sites (tertiary alicyclic amines) is 1. The van der Waals surface area contributed by atoms with E-state index in [2.05, 4.69) is 15.4 Å². The lowest BCUT2D eigenvalue weighted by molar-refractivity contribution is 0.152. The Hall–Kier alpha value is -3.09. The highest BCUT2D eigenvalue weighted by molar-refractivity contribution is 5.92. The van der Waals surface area contributed by atoms with Crippen molar-refractivity contribution in [2.75, 3.05) is 25.0 Å². The van der Waals surface area contributed by atoms with Crippen LogP contribution >= 0.6 is 0 Å². The maximum atomic E-state index is 12.6. The van der Waals surface area contributed by atoms with Gasteiger partial charge in [0.2, 0.25) is 0 Å². The first-order chi connectivity index (χ1) is 13.6. The molecule has 2 aromatic heterocycles. The zero-order valence-corrected chi connectivity index (χ0v) is 16.3. The molecule has 4 rings (SSSR count). The molecule has 7 heteroatoms. The van der Waals surface area contributed by atoms with Gasteiger partial charge in [-0.3, -0.25) is 4.68 Å². The topological polar surface area (TPSA) is 72.3 Å². The zero-order valence-electron chi connectivity index (χ0n) is 16.3. The molecular formula is C21H25N5O2. The number of para-hydroxylation sites is 1.